The predicted octanol–water partition coefficient (Wildman–Crippen LogP) is 7.92. The van der Waals surface area contributed by atoms with Gasteiger partial charge in [0.15, 0.2) is 0 Å². The lowest BCUT2D eigenvalue weighted by molar-refractivity contribution is 1.27. The first-order valence-electron chi connectivity index (χ1n) is 8.97. The van der Waals surface area contributed by atoms with Gasteiger partial charge in [-0.3, -0.25) is 0 Å². The van der Waals surface area contributed by atoms with Crippen molar-refractivity contribution in [3.63, 3.8) is 0 Å². The number of nitrogens with two attached hydrogens (primary N) is 1. The average Bonchev–Trinajstić information content (AvgIpc) is 2.63. The lowest BCUT2D eigenvalue weighted by Crippen LogP contribution is -1.87. The second kappa shape index (κ2) is 17.9. The maximum Gasteiger partial charge on any atom is 0.0455 e. The minimum absolute atomic E-state index is 0.731. The molecule has 0 saturated carbocycles. The van der Waals surface area contributed by atoms with E-state index in [1.54, 1.807) is 0 Å². The van der Waals surface area contributed by atoms with Gasteiger partial charge in [-0.15, -0.1) is 0 Å². The smallest absolute Gasteiger partial charge is 0.0455 e. The highest BCUT2D eigenvalue weighted by Gasteiger charge is 1.94. The van der Waals surface area contributed by atoms with E-state index in [9.17, 15) is 0 Å². The molecule has 0 spiro atoms. The molecule has 0 atom stereocenters. The van der Waals surface area contributed by atoms with Crippen LogP contribution in [0.15, 0.2) is 36.4 Å². The molecular weight excluding hydrogens is 314 g/mol. The van der Waals surface area contributed by atoms with Crippen molar-refractivity contribution < 1.29 is 0 Å². The van der Waals surface area contributed by atoms with Gasteiger partial charge in [-0.05, 0) is 62.1 Å². The third-order valence-electron chi connectivity index (χ3n) is 3.19. The SMILES string of the molecule is CC.CC.CC.Cc1c(N)cccc1Cl.Cc1cccc(C)c1C. The summed E-state index contributed by atoms with van der Waals surface area (Å²) in [5.41, 5.74) is 11.4. The normalized spacial score (nSPS) is 7.96. The van der Waals surface area contributed by atoms with Crippen molar-refractivity contribution >= 4 is 17.3 Å². The maximum absolute atomic E-state index is 5.73. The molecule has 0 amide bonds. The molecule has 0 unspecified atom stereocenters. The quantitative estimate of drug-likeness (QED) is 0.479. The van der Waals surface area contributed by atoms with Gasteiger partial charge in [-0.25, -0.2) is 0 Å². The lowest BCUT2D eigenvalue weighted by Gasteiger charge is -2.00. The molecule has 0 fully saturated rings. The van der Waals surface area contributed by atoms with Crippen LogP contribution in [0.3, 0.4) is 0 Å². The highest BCUT2D eigenvalue weighted by molar-refractivity contribution is 6.31. The summed E-state index contributed by atoms with van der Waals surface area (Å²) in [5, 5.41) is 0.731. The van der Waals surface area contributed by atoms with Crippen molar-refractivity contribution in [1.82, 2.24) is 0 Å². The van der Waals surface area contributed by atoms with Crippen LogP contribution in [-0.2, 0) is 0 Å². The van der Waals surface area contributed by atoms with E-state index < -0.39 is 0 Å². The summed E-state index contributed by atoms with van der Waals surface area (Å²) in [6.07, 6.45) is 0. The summed E-state index contributed by atoms with van der Waals surface area (Å²) in [7, 11) is 0. The Bertz CT molecular complexity index is 443. The fourth-order valence-electron chi connectivity index (χ4n) is 1.52. The number of halogens is 1. The molecule has 0 radical (unpaired) electrons. The number of nitrogen functional groups attached to an aromatic ring is 1. The van der Waals surface area contributed by atoms with Gasteiger partial charge >= 0.3 is 0 Å². The first-order valence-corrected chi connectivity index (χ1v) is 9.34. The molecule has 2 aromatic rings. The van der Waals surface area contributed by atoms with E-state index in [-0.39, 0.29) is 0 Å². The average molecular weight is 352 g/mol. The fraction of sp³-hybridized carbons (Fsp3) is 0.455. The van der Waals surface area contributed by atoms with E-state index in [1.807, 2.05) is 66.7 Å². The van der Waals surface area contributed by atoms with Crippen molar-refractivity contribution in [3.8, 4) is 0 Å². The molecule has 24 heavy (non-hydrogen) atoms. The van der Waals surface area contributed by atoms with Gasteiger partial charge in [0.2, 0.25) is 0 Å². The van der Waals surface area contributed by atoms with Crippen molar-refractivity contribution in [2.45, 2.75) is 69.2 Å². The molecule has 138 valence electrons. The zero-order valence-corrected chi connectivity index (χ0v) is 18.2. The van der Waals surface area contributed by atoms with Crippen LogP contribution >= 0.6 is 11.6 Å². The molecule has 2 aromatic carbocycles. The molecule has 0 aliphatic carbocycles. The molecule has 2 N–H and O–H groups in total. The first-order chi connectivity index (χ1) is 11.4. The van der Waals surface area contributed by atoms with Gasteiger partial charge in [0.25, 0.3) is 0 Å². The summed E-state index contributed by atoms with van der Waals surface area (Å²) in [6.45, 7) is 20.3. The molecule has 2 rings (SSSR count). The summed E-state index contributed by atoms with van der Waals surface area (Å²) < 4.78 is 0. The third kappa shape index (κ3) is 11.1. The van der Waals surface area contributed by atoms with Gasteiger partial charge in [0.05, 0.1) is 0 Å². The third-order valence-corrected chi connectivity index (χ3v) is 3.59. The Labute approximate surface area is 156 Å². The second-order valence-corrected chi connectivity index (χ2v) is 4.88. The summed E-state index contributed by atoms with van der Waals surface area (Å²) >= 11 is 5.73. The first kappa shape index (κ1) is 27.4. The Morgan fingerprint density at radius 3 is 1.29 bits per heavy atom. The molecule has 0 bridgehead atoms. The van der Waals surface area contributed by atoms with E-state index in [0.29, 0.717) is 0 Å². The minimum atomic E-state index is 0.731. The molecule has 0 aromatic heterocycles. The second-order valence-electron chi connectivity index (χ2n) is 4.47. The Morgan fingerprint density at radius 1 is 0.625 bits per heavy atom. The van der Waals surface area contributed by atoms with Crippen molar-refractivity contribution in [2.24, 2.45) is 0 Å². The number of aryl methyl sites for hydroxylation is 2. The van der Waals surface area contributed by atoms with Crippen molar-refractivity contribution in [3.05, 3.63) is 63.7 Å². The largest absolute Gasteiger partial charge is 0.398 e. The van der Waals surface area contributed by atoms with Crippen LogP contribution in [-0.4, -0.2) is 0 Å². The molecule has 0 heterocycles. The van der Waals surface area contributed by atoms with E-state index in [1.165, 1.54) is 16.7 Å². The van der Waals surface area contributed by atoms with Crippen molar-refractivity contribution in [2.75, 3.05) is 5.73 Å². The number of hydrogen-bond donors (Lipinski definition) is 1. The summed E-state index contributed by atoms with van der Waals surface area (Å²) in [6, 6.07) is 11.9. The Morgan fingerprint density at radius 2 is 1.00 bits per heavy atom. The number of anilines is 1. The number of rotatable bonds is 0. The van der Waals surface area contributed by atoms with E-state index in [2.05, 4.69) is 39.0 Å². The van der Waals surface area contributed by atoms with Crippen LogP contribution in [0.2, 0.25) is 5.02 Å². The standard InChI is InChI=1S/C9H12.C7H8ClN.3C2H6/c1-7-5-4-6-8(2)9(7)3;1-5-6(8)3-2-4-7(5)9;3*1-2/h4-6H,1-3H3;2-4H,9H2,1H3;3*1-2H3. The molecule has 0 aliphatic rings. The van der Waals surface area contributed by atoms with Crippen LogP contribution in [0.1, 0.15) is 63.8 Å². The highest BCUT2D eigenvalue weighted by Crippen LogP contribution is 2.19. The highest BCUT2D eigenvalue weighted by atomic mass is 35.5. The molecule has 0 saturated heterocycles. The zero-order chi connectivity index (χ0) is 19.7. The number of hydrogen-bond acceptors (Lipinski definition) is 1. The van der Waals surface area contributed by atoms with Crippen LogP contribution in [0, 0.1) is 27.7 Å². The number of benzene rings is 2. The van der Waals surface area contributed by atoms with Gasteiger partial charge in [-0.2, -0.15) is 0 Å². The van der Waals surface area contributed by atoms with Gasteiger partial charge in [-0.1, -0.05) is 77.4 Å². The van der Waals surface area contributed by atoms with Crippen LogP contribution < -0.4 is 5.73 Å². The zero-order valence-electron chi connectivity index (χ0n) is 17.4. The molecule has 0 aliphatic heterocycles. The van der Waals surface area contributed by atoms with Crippen LogP contribution in [0.4, 0.5) is 5.69 Å². The van der Waals surface area contributed by atoms with E-state index in [0.717, 1.165) is 16.3 Å². The molecule has 2 heteroatoms. The van der Waals surface area contributed by atoms with E-state index in [4.69, 9.17) is 17.3 Å². The van der Waals surface area contributed by atoms with E-state index >= 15 is 0 Å². The van der Waals surface area contributed by atoms with Gasteiger partial charge < -0.3 is 5.73 Å². The lowest BCUT2D eigenvalue weighted by atomic mass is 10.1. The fourth-order valence-corrected chi connectivity index (χ4v) is 1.70. The topological polar surface area (TPSA) is 26.0 Å². The minimum Gasteiger partial charge on any atom is -0.398 e. The van der Waals surface area contributed by atoms with Gasteiger partial charge in [0, 0.05) is 10.7 Å². The molecule has 1 nitrogen and oxygen atoms in total. The van der Waals surface area contributed by atoms with Crippen molar-refractivity contribution in [1.29, 1.82) is 0 Å². The Balaban J connectivity index is -0.000000281. The monoisotopic (exact) mass is 351 g/mol. The predicted molar refractivity (Wildman–Crippen MR) is 115 cm³/mol. The van der Waals surface area contributed by atoms with Gasteiger partial charge in [0.1, 0.15) is 0 Å². The Kier molecular flexibility index (Phi) is 20.4. The summed E-state index contributed by atoms with van der Waals surface area (Å²) in [5.74, 6) is 0. The Hall–Kier alpha value is -1.47. The summed E-state index contributed by atoms with van der Waals surface area (Å²) in [4.78, 5) is 0. The van der Waals surface area contributed by atoms with Crippen LogP contribution in [0.25, 0.3) is 0 Å². The maximum atomic E-state index is 5.73. The molecular formula is C22H38ClN. The van der Waals surface area contributed by atoms with Crippen LogP contribution in [0.5, 0.6) is 0 Å².